The molecule has 0 saturated heterocycles. The number of aromatic nitrogens is 4. The van der Waals surface area contributed by atoms with Gasteiger partial charge in [0.1, 0.15) is 18.0 Å². The maximum Gasteiger partial charge on any atom is 0.258 e. The van der Waals surface area contributed by atoms with Gasteiger partial charge in [0.2, 0.25) is 11.7 Å². The fraction of sp³-hybridized carbons (Fsp3) is 0.182. The minimum absolute atomic E-state index is 0.129. The zero-order valence-corrected chi connectivity index (χ0v) is 16.9. The number of anilines is 1. The highest BCUT2D eigenvalue weighted by Crippen LogP contribution is 2.23. The molecule has 0 spiro atoms. The molecular weight excluding hydrogens is 382 g/mol. The fourth-order valence-corrected chi connectivity index (χ4v) is 2.97. The highest BCUT2D eigenvalue weighted by Gasteiger charge is 2.14. The molecule has 1 N–H and O–H groups in total. The highest BCUT2D eigenvalue weighted by atomic mass is 16.5. The SMILES string of the molecule is COc1ccc(-c2nc(-c3cn(CC(=O)Nc4cc(C)ccc4C)cn3)no2)cc1. The molecule has 2 aromatic heterocycles. The van der Waals surface area contributed by atoms with E-state index in [1.165, 1.54) is 0 Å². The Hall–Kier alpha value is -3.94. The van der Waals surface area contributed by atoms with Crippen molar-refractivity contribution in [3.63, 3.8) is 0 Å². The number of nitrogens with zero attached hydrogens (tertiary/aromatic N) is 4. The standard InChI is InChI=1S/C22H21N5O3/c1-14-4-5-15(2)18(10-14)24-20(28)12-27-11-19(23-13-27)21-25-22(30-26-21)16-6-8-17(29-3)9-7-16/h4-11,13H,12H2,1-3H3,(H,24,28). The van der Waals surface area contributed by atoms with E-state index in [0.29, 0.717) is 17.4 Å². The Bertz CT molecular complexity index is 1180. The van der Waals surface area contributed by atoms with Gasteiger partial charge in [0.15, 0.2) is 0 Å². The molecule has 4 rings (SSSR count). The molecule has 152 valence electrons. The van der Waals surface area contributed by atoms with Crippen molar-refractivity contribution >= 4 is 11.6 Å². The van der Waals surface area contributed by atoms with Crippen molar-refractivity contribution < 1.29 is 14.1 Å². The van der Waals surface area contributed by atoms with Crippen LogP contribution in [0.15, 0.2) is 59.5 Å². The number of nitrogens with one attached hydrogen (secondary N) is 1. The van der Waals surface area contributed by atoms with Crippen LogP contribution in [0.3, 0.4) is 0 Å². The number of rotatable bonds is 6. The minimum atomic E-state index is -0.139. The van der Waals surface area contributed by atoms with Crippen molar-refractivity contribution in [2.75, 3.05) is 12.4 Å². The Balaban J connectivity index is 1.44. The van der Waals surface area contributed by atoms with Crippen LogP contribution in [-0.2, 0) is 11.3 Å². The molecule has 8 heteroatoms. The lowest BCUT2D eigenvalue weighted by molar-refractivity contribution is -0.116. The Labute approximate surface area is 173 Å². The predicted octanol–water partition coefficient (Wildman–Crippen LogP) is 3.86. The summed E-state index contributed by atoms with van der Waals surface area (Å²) in [5.74, 6) is 1.35. The van der Waals surface area contributed by atoms with E-state index in [4.69, 9.17) is 9.26 Å². The summed E-state index contributed by atoms with van der Waals surface area (Å²) < 4.78 is 12.2. The number of amides is 1. The second kappa shape index (κ2) is 8.20. The number of carbonyl (C=O) groups excluding carboxylic acids is 1. The Kier molecular flexibility index (Phi) is 5.30. The number of hydrogen-bond acceptors (Lipinski definition) is 6. The van der Waals surface area contributed by atoms with Gasteiger partial charge in [-0.05, 0) is 55.3 Å². The van der Waals surface area contributed by atoms with Crippen molar-refractivity contribution in [2.45, 2.75) is 20.4 Å². The van der Waals surface area contributed by atoms with Gasteiger partial charge in [0.05, 0.1) is 13.4 Å². The van der Waals surface area contributed by atoms with Gasteiger partial charge >= 0.3 is 0 Å². The van der Waals surface area contributed by atoms with Crippen LogP contribution in [0.4, 0.5) is 5.69 Å². The molecule has 0 unspecified atom stereocenters. The van der Waals surface area contributed by atoms with E-state index in [1.54, 1.807) is 24.2 Å². The van der Waals surface area contributed by atoms with E-state index in [9.17, 15) is 4.79 Å². The molecule has 0 aliphatic carbocycles. The van der Waals surface area contributed by atoms with Gasteiger partial charge in [-0.25, -0.2) is 4.98 Å². The van der Waals surface area contributed by atoms with E-state index < -0.39 is 0 Å². The molecule has 0 fully saturated rings. The summed E-state index contributed by atoms with van der Waals surface area (Å²) in [5.41, 5.74) is 4.21. The monoisotopic (exact) mass is 403 g/mol. The van der Waals surface area contributed by atoms with Gasteiger partial charge in [0.25, 0.3) is 5.89 Å². The van der Waals surface area contributed by atoms with E-state index in [0.717, 1.165) is 28.1 Å². The number of methoxy groups -OCH3 is 1. The summed E-state index contributed by atoms with van der Waals surface area (Å²) in [6.45, 7) is 4.08. The molecule has 8 nitrogen and oxygen atoms in total. The van der Waals surface area contributed by atoms with Gasteiger partial charge < -0.3 is 19.1 Å². The topological polar surface area (TPSA) is 95.1 Å². The van der Waals surface area contributed by atoms with Crippen LogP contribution < -0.4 is 10.1 Å². The zero-order chi connectivity index (χ0) is 21.1. The minimum Gasteiger partial charge on any atom is -0.497 e. The Morgan fingerprint density at radius 2 is 1.97 bits per heavy atom. The predicted molar refractivity (Wildman–Crippen MR) is 112 cm³/mol. The lowest BCUT2D eigenvalue weighted by atomic mass is 10.1. The molecule has 0 aliphatic rings. The number of benzene rings is 2. The molecular formula is C22H21N5O3. The normalized spacial score (nSPS) is 10.8. The summed E-state index contributed by atoms with van der Waals surface area (Å²) in [5, 5.41) is 6.93. The third-order valence-electron chi connectivity index (χ3n) is 4.62. The fourth-order valence-electron chi connectivity index (χ4n) is 2.97. The second-order valence-electron chi connectivity index (χ2n) is 6.95. The first-order valence-corrected chi connectivity index (χ1v) is 9.39. The summed E-state index contributed by atoms with van der Waals surface area (Å²) in [6.07, 6.45) is 3.28. The van der Waals surface area contributed by atoms with Crippen LogP contribution in [0.2, 0.25) is 0 Å². The average molecular weight is 403 g/mol. The first kappa shape index (κ1) is 19.4. The lowest BCUT2D eigenvalue weighted by Gasteiger charge is -2.09. The summed E-state index contributed by atoms with van der Waals surface area (Å²) >= 11 is 0. The van der Waals surface area contributed by atoms with E-state index >= 15 is 0 Å². The molecule has 0 saturated carbocycles. The van der Waals surface area contributed by atoms with Gasteiger partial charge in [-0.3, -0.25) is 4.79 Å². The maximum atomic E-state index is 12.4. The molecule has 4 aromatic rings. The maximum absolute atomic E-state index is 12.4. The second-order valence-corrected chi connectivity index (χ2v) is 6.95. The third kappa shape index (κ3) is 4.22. The van der Waals surface area contributed by atoms with Crippen molar-refractivity contribution in [3.05, 3.63) is 66.1 Å². The first-order valence-electron chi connectivity index (χ1n) is 9.39. The quantitative estimate of drug-likeness (QED) is 0.525. The zero-order valence-electron chi connectivity index (χ0n) is 16.9. The molecule has 2 heterocycles. The van der Waals surface area contributed by atoms with Crippen LogP contribution in [0, 0.1) is 13.8 Å². The smallest absolute Gasteiger partial charge is 0.258 e. The Morgan fingerprint density at radius 1 is 1.17 bits per heavy atom. The molecule has 2 aromatic carbocycles. The number of hydrogen-bond donors (Lipinski definition) is 1. The number of carbonyl (C=O) groups is 1. The van der Waals surface area contributed by atoms with E-state index in [-0.39, 0.29) is 12.5 Å². The summed E-state index contributed by atoms with van der Waals surface area (Å²) in [7, 11) is 1.61. The van der Waals surface area contributed by atoms with Gasteiger partial charge in [0, 0.05) is 17.4 Å². The van der Waals surface area contributed by atoms with Crippen LogP contribution in [0.1, 0.15) is 11.1 Å². The number of aryl methyl sites for hydroxylation is 2. The number of imidazole rings is 1. The van der Waals surface area contributed by atoms with E-state index in [1.807, 2.05) is 56.3 Å². The van der Waals surface area contributed by atoms with Crippen LogP contribution in [-0.4, -0.2) is 32.7 Å². The van der Waals surface area contributed by atoms with E-state index in [2.05, 4.69) is 20.4 Å². The van der Waals surface area contributed by atoms with Gasteiger partial charge in [-0.2, -0.15) is 4.98 Å². The van der Waals surface area contributed by atoms with Crippen LogP contribution in [0.5, 0.6) is 5.75 Å². The number of ether oxygens (including phenoxy) is 1. The summed E-state index contributed by atoms with van der Waals surface area (Å²) in [4.78, 5) is 21.1. The van der Waals surface area contributed by atoms with Crippen molar-refractivity contribution in [2.24, 2.45) is 0 Å². The molecule has 0 radical (unpaired) electrons. The van der Waals surface area contributed by atoms with Crippen molar-refractivity contribution in [1.29, 1.82) is 0 Å². The van der Waals surface area contributed by atoms with Crippen LogP contribution >= 0.6 is 0 Å². The first-order chi connectivity index (χ1) is 14.5. The summed E-state index contributed by atoms with van der Waals surface area (Å²) in [6, 6.07) is 13.3. The van der Waals surface area contributed by atoms with Gasteiger partial charge in [-0.15, -0.1) is 0 Å². The third-order valence-corrected chi connectivity index (χ3v) is 4.62. The van der Waals surface area contributed by atoms with Gasteiger partial charge in [-0.1, -0.05) is 17.3 Å². The lowest BCUT2D eigenvalue weighted by Crippen LogP contribution is -2.18. The van der Waals surface area contributed by atoms with Crippen molar-refractivity contribution in [1.82, 2.24) is 19.7 Å². The highest BCUT2D eigenvalue weighted by molar-refractivity contribution is 5.91. The molecule has 1 amide bonds. The average Bonchev–Trinajstić information content (AvgIpc) is 3.40. The molecule has 0 bridgehead atoms. The van der Waals surface area contributed by atoms with Crippen molar-refractivity contribution in [3.8, 4) is 28.7 Å². The molecule has 0 atom stereocenters. The molecule has 30 heavy (non-hydrogen) atoms. The van der Waals surface area contributed by atoms with Crippen LogP contribution in [0.25, 0.3) is 23.0 Å². The Morgan fingerprint density at radius 3 is 2.73 bits per heavy atom. The molecule has 0 aliphatic heterocycles. The largest absolute Gasteiger partial charge is 0.497 e.